The summed E-state index contributed by atoms with van der Waals surface area (Å²) in [6, 6.07) is 12.0. The molecule has 0 spiro atoms. The number of hydrogen-bond donors (Lipinski definition) is 1. The Morgan fingerprint density at radius 2 is 1.78 bits per heavy atom. The molecule has 5 nitrogen and oxygen atoms in total. The number of nitrogen functional groups attached to an aromatic ring is 1. The summed E-state index contributed by atoms with van der Waals surface area (Å²) >= 11 is 0. The van der Waals surface area contributed by atoms with Crippen LogP contribution in [0.5, 0.6) is 0 Å². The average Bonchev–Trinajstić information content (AvgIpc) is 2.52. The Kier molecular flexibility index (Phi) is 4.95. The van der Waals surface area contributed by atoms with E-state index in [4.69, 9.17) is 10.5 Å². The lowest BCUT2D eigenvalue weighted by atomic mass is 10.1. The van der Waals surface area contributed by atoms with Crippen LogP contribution in [0.1, 0.15) is 22.0 Å². The van der Waals surface area contributed by atoms with Gasteiger partial charge in [-0.15, -0.1) is 0 Å². The molecule has 0 aromatic heterocycles. The number of rotatable bonds is 4. The van der Waals surface area contributed by atoms with Crippen LogP contribution in [0.15, 0.2) is 48.5 Å². The number of likely N-dealkylation sites (N-methyl/N-ethyl adjacent to an activating group) is 1. The standard InChI is InChI=1S/C17H17FN2O3/c1-20(2)16(21)15(11-6-4-3-5-7-11)23-17(22)13-9-8-12(18)10-14(13)19/h3-10,15H,19H2,1-2H3. The van der Waals surface area contributed by atoms with Gasteiger partial charge in [0.2, 0.25) is 6.10 Å². The first-order valence-corrected chi connectivity index (χ1v) is 6.92. The molecule has 23 heavy (non-hydrogen) atoms. The molecule has 6 heteroatoms. The molecule has 0 aliphatic carbocycles. The number of ether oxygens (including phenoxy) is 1. The van der Waals surface area contributed by atoms with E-state index in [2.05, 4.69) is 0 Å². The summed E-state index contributed by atoms with van der Waals surface area (Å²) in [5, 5.41) is 0. The molecule has 120 valence electrons. The largest absolute Gasteiger partial charge is 0.444 e. The Balaban J connectivity index is 2.30. The number of esters is 1. The smallest absolute Gasteiger partial charge is 0.341 e. The summed E-state index contributed by atoms with van der Waals surface area (Å²) in [5.74, 6) is -1.72. The highest BCUT2D eigenvalue weighted by Crippen LogP contribution is 2.23. The number of nitrogens with two attached hydrogens (primary N) is 1. The van der Waals surface area contributed by atoms with Crippen molar-refractivity contribution in [3.63, 3.8) is 0 Å². The van der Waals surface area contributed by atoms with Crippen molar-refractivity contribution < 1.29 is 18.7 Å². The zero-order valence-corrected chi connectivity index (χ0v) is 12.8. The van der Waals surface area contributed by atoms with Crippen molar-refractivity contribution >= 4 is 17.6 Å². The summed E-state index contributed by atoms with van der Waals surface area (Å²) in [6.45, 7) is 0. The maximum absolute atomic E-state index is 13.1. The number of halogens is 1. The molecule has 0 fully saturated rings. The number of nitrogens with zero attached hydrogens (tertiary/aromatic N) is 1. The van der Waals surface area contributed by atoms with Crippen LogP contribution in [0.2, 0.25) is 0 Å². The third-order valence-corrected chi connectivity index (χ3v) is 3.23. The molecule has 0 bridgehead atoms. The molecule has 0 saturated carbocycles. The van der Waals surface area contributed by atoms with E-state index in [-0.39, 0.29) is 17.2 Å². The third kappa shape index (κ3) is 3.85. The van der Waals surface area contributed by atoms with Crippen molar-refractivity contribution in [2.24, 2.45) is 0 Å². The highest BCUT2D eigenvalue weighted by atomic mass is 19.1. The maximum atomic E-state index is 13.1. The van der Waals surface area contributed by atoms with E-state index in [0.29, 0.717) is 5.56 Å². The highest BCUT2D eigenvalue weighted by molar-refractivity contribution is 5.97. The Morgan fingerprint density at radius 3 is 2.35 bits per heavy atom. The molecule has 1 unspecified atom stereocenters. The summed E-state index contributed by atoms with van der Waals surface area (Å²) in [5.41, 5.74) is 6.15. The van der Waals surface area contributed by atoms with Gasteiger partial charge in [-0.1, -0.05) is 30.3 Å². The number of carbonyl (C=O) groups excluding carboxylic acids is 2. The van der Waals surface area contributed by atoms with Crippen molar-refractivity contribution in [2.75, 3.05) is 19.8 Å². The Morgan fingerprint density at radius 1 is 1.13 bits per heavy atom. The number of amides is 1. The van der Waals surface area contributed by atoms with E-state index in [1.165, 1.54) is 11.0 Å². The molecular formula is C17H17FN2O3. The first-order chi connectivity index (χ1) is 10.9. The second-order valence-electron chi connectivity index (χ2n) is 5.16. The summed E-state index contributed by atoms with van der Waals surface area (Å²) in [7, 11) is 3.14. The van der Waals surface area contributed by atoms with Crippen LogP contribution in [0, 0.1) is 5.82 Å². The van der Waals surface area contributed by atoms with Gasteiger partial charge in [-0.25, -0.2) is 9.18 Å². The minimum atomic E-state index is -1.09. The molecule has 2 aromatic carbocycles. The van der Waals surface area contributed by atoms with Gasteiger partial charge in [0.25, 0.3) is 5.91 Å². The van der Waals surface area contributed by atoms with Crippen LogP contribution < -0.4 is 5.73 Å². The van der Waals surface area contributed by atoms with Gasteiger partial charge in [-0.2, -0.15) is 0 Å². The van der Waals surface area contributed by atoms with Crippen LogP contribution in [0.3, 0.4) is 0 Å². The second kappa shape index (κ2) is 6.91. The fraction of sp³-hybridized carbons (Fsp3) is 0.176. The molecule has 1 amide bonds. The average molecular weight is 316 g/mol. The SMILES string of the molecule is CN(C)C(=O)C(OC(=O)c1ccc(F)cc1N)c1ccccc1. The molecule has 2 rings (SSSR count). The van der Waals surface area contributed by atoms with Gasteiger partial charge in [0.1, 0.15) is 5.82 Å². The number of benzene rings is 2. The van der Waals surface area contributed by atoms with Crippen molar-refractivity contribution in [1.82, 2.24) is 4.90 Å². The molecule has 2 aromatic rings. The Hall–Kier alpha value is -2.89. The van der Waals surface area contributed by atoms with Crippen LogP contribution in [0.25, 0.3) is 0 Å². The van der Waals surface area contributed by atoms with Gasteiger partial charge in [-0.05, 0) is 18.2 Å². The lowest BCUT2D eigenvalue weighted by Gasteiger charge is -2.21. The third-order valence-electron chi connectivity index (χ3n) is 3.23. The van der Waals surface area contributed by atoms with E-state index < -0.39 is 17.9 Å². The zero-order chi connectivity index (χ0) is 17.0. The molecule has 0 saturated heterocycles. The van der Waals surface area contributed by atoms with Crippen molar-refractivity contribution in [3.05, 3.63) is 65.5 Å². The van der Waals surface area contributed by atoms with Crippen LogP contribution in [0.4, 0.5) is 10.1 Å². The van der Waals surface area contributed by atoms with E-state index in [9.17, 15) is 14.0 Å². The first kappa shape index (κ1) is 16.5. The zero-order valence-electron chi connectivity index (χ0n) is 12.8. The quantitative estimate of drug-likeness (QED) is 0.694. The Bertz CT molecular complexity index is 717. The van der Waals surface area contributed by atoms with E-state index in [0.717, 1.165) is 12.1 Å². The lowest BCUT2D eigenvalue weighted by molar-refractivity contribution is -0.138. The molecule has 0 aliphatic heterocycles. The lowest BCUT2D eigenvalue weighted by Crippen LogP contribution is -2.31. The van der Waals surface area contributed by atoms with Crippen LogP contribution >= 0.6 is 0 Å². The van der Waals surface area contributed by atoms with Gasteiger partial charge in [0.15, 0.2) is 0 Å². The number of carbonyl (C=O) groups is 2. The number of hydrogen-bond acceptors (Lipinski definition) is 4. The second-order valence-corrected chi connectivity index (χ2v) is 5.16. The molecule has 2 N–H and O–H groups in total. The maximum Gasteiger partial charge on any atom is 0.341 e. The fourth-order valence-corrected chi connectivity index (χ4v) is 2.01. The van der Waals surface area contributed by atoms with Crippen molar-refractivity contribution in [2.45, 2.75) is 6.10 Å². The van der Waals surface area contributed by atoms with Gasteiger partial charge in [0, 0.05) is 25.3 Å². The first-order valence-electron chi connectivity index (χ1n) is 6.92. The van der Waals surface area contributed by atoms with Gasteiger partial charge >= 0.3 is 5.97 Å². The van der Waals surface area contributed by atoms with Gasteiger partial charge < -0.3 is 15.4 Å². The normalized spacial score (nSPS) is 11.6. The molecule has 0 radical (unpaired) electrons. The topological polar surface area (TPSA) is 72.6 Å². The van der Waals surface area contributed by atoms with Crippen LogP contribution in [-0.4, -0.2) is 30.9 Å². The summed E-state index contributed by atoms with van der Waals surface area (Å²) < 4.78 is 18.4. The number of anilines is 1. The molecular weight excluding hydrogens is 299 g/mol. The molecule has 0 heterocycles. The minimum absolute atomic E-state index is 0.0129. The summed E-state index contributed by atoms with van der Waals surface area (Å²) in [4.78, 5) is 25.9. The summed E-state index contributed by atoms with van der Waals surface area (Å²) in [6.07, 6.45) is -1.09. The van der Waals surface area contributed by atoms with E-state index in [1.807, 2.05) is 0 Å². The monoisotopic (exact) mass is 316 g/mol. The van der Waals surface area contributed by atoms with Crippen molar-refractivity contribution in [1.29, 1.82) is 0 Å². The van der Waals surface area contributed by atoms with E-state index >= 15 is 0 Å². The van der Waals surface area contributed by atoms with Crippen molar-refractivity contribution in [3.8, 4) is 0 Å². The molecule has 0 aliphatic rings. The predicted molar refractivity (Wildman–Crippen MR) is 84.1 cm³/mol. The van der Waals surface area contributed by atoms with Gasteiger partial charge in [-0.3, -0.25) is 4.79 Å². The fourth-order valence-electron chi connectivity index (χ4n) is 2.01. The predicted octanol–water partition coefficient (Wildman–Crippen LogP) is 2.39. The minimum Gasteiger partial charge on any atom is -0.444 e. The Labute approximate surface area is 133 Å². The van der Waals surface area contributed by atoms with E-state index in [1.54, 1.807) is 44.4 Å². The highest BCUT2D eigenvalue weighted by Gasteiger charge is 2.27. The van der Waals surface area contributed by atoms with Gasteiger partial charge in [0.05, 0.1) is 5.56 Å². The van der Waals surface area contributed by atoms with Crippen LogP contribution in [-0.2, 0) is 9.53 Å². The molecule has 1 atom stereocenters.